The molecule has 1 unspecified atom stereocenters. The zero-order valence-electron chi connectivity index (χ0n) is 23.0. The Morgan fingerprint density at radius 1 is 1.09 bits per heavy atom. The van der Waals surface area contributed by atoms with Gasteiger partial charge >= 0.3 is 5.97 Å². The number of halogens is 4. The highest BCUT2D eigenvalue weighted by molar-refractivity contribution is 7.20. The summed E-state index contributed by atoms with van der Waals surface area (Å²) in [5.41, 5.74) is 0.982. The summed E-state index contributed by atoms with van der Waals surface area (Å²) in [5, 5.41) is 18.4. The van der Waals surface area contributed by atoms with Crippen LogP contribution in [0.4, 0.5) is 17.6 Å². The zero-order chi connectivity index (χ0) is 31.1. The van der Waals surface area contributed by atoms with Gasteiger partial charge in [-0.15, -0.1) is 11.3 Å². The van der Waals surface area contributed by atoms with Gasteiger partial charge in [0, 0.05) is 29.7 Å². The third-order valence-corrected chi connectivity index (χ3v) is 8.57. The number of nitrogens with zero attached hydrogens (tertiary/aromatic N) is 4. The largest absolute Gasteiger partial charge is 0.477 e. The van der Waals surface area contributed by atoms with Crippen molar-refractivity contribution in [1.29, 1.82) is 5.26 Å². The van der Waals surface area contributed by atoms with Crippen LogP contribution in [-0.2, 0) is 24.3 Å². The van der Waals surface area contributed by atoms with Crippen molar-refractivity contribution in [2.45, 2.75) is 39.0 Å². The maximum absolute atomic E-state index is 15.5. The summed E-state index contributed by atoms with van der Waals surface area (Å²) in [7, 11) is 0. The van der Waals surface area contributed by atoms with Crippen molar-refractivity contribution in [2.24, 2.45) is 0 Å². The van der Waals surface area contributed by atoms with Crippen LogP contribution >= 0.6 is 11.3 Å². The first-order valence-corrected chi connectivity index (χ1v) is 14.2. The predicted octanol–water partition coefficient (Wildman–Crippen LogP) is 6.55. The Hall–Kier alpha value is -4.80. The van der Waals surface area contributed by atoms with Gasteiger partial charge in [0.05, 0.1) is 35.5 Å². The number of pyridine rings is 1. The molecule has 2 aromatic carbocycles. The molecule has 0 spiro atoms. The maximum atomic E-state index is 15.5. The van der Waals surface area contributed by atoms with Crippen LogP contribution in [-0.4, -0.2) is 38.3 Å². The zero-order valence-corrected chi connectivity index (χ0v) is 23.9. The first kappa shape index (κ1) is 29.3. The molecule has 44 heavy (non-hydrogen) atoms. The van der Waals surface area contributed by atoms with E-state index in [9.17, 15) is 18.7 Å². The molecule has 224 valence electrons. The Kier molecular flexibility index (Phi) is 7.79. The number of hydrogen-bond acceptors (Lipinski definition) is 7. The molecular formula is C31H22F4N4O4S. The molecule has 8 nitrogen and oxygen atoms in total. The molecule has 1 atom stereocenters. The summed E-state index contributed by atoms with van der Waals surface area (Å²) in [6.07, 6.45) is 0.627. The van der Waals surface area contributed by atoms with Crippen LogP contribution in [0, 0.1) is 41.5 Å². The Bertz CT molecular complexity index is 1980. The number of imidazole rings is 1. The van der Waals surface area contributed by atoms with Gasteiger partial charge in [0.2, 0.25) is 0 Å². The van der Waals surface area contributed by atoms with Gasteiger partial charge in [-0.25, -0.2) is 32.3 Å². The van der Waals surface area contributed by atoms with E-state index < -0.39 is 41.7 Å². The van der Waals surface area contributed by atoms with Crippen LogP contribution in [0.15, 0.2) is 42.5 Å². The lowest BCUT2D eigenvalue weighted by Gasteiger charge is -2.27. The Morgan fingerprint density at radius 3 is 2.55 bits per heavy atom. The second kappa shape index (κ2) is 11.7. The Balaban J connectivity index is 1.28. The first-order valence-electron chi connectivity index (χ1n) is 13.4. The third-order valence-electron chi connectivity index (χ3n) is 7.40. The molecule has 0 radical (unpaired) electrons. The standard InChI is InChI=1S/C31H22F4N4O4S/c1-15-27-30(44-28(15)31(40)41)38-26(39(27)13-19-6-7-42-19)10-18-9-24(35)20(11-23(18)34)25-5-4-21(32)29(37-25)43-14-17-3-2-16(12-36)8-22(17)33/h2-5,8-9,11,19H,6-7,10,13-14H2,1H3,(H,40,41). The van der Waals surface area contributed by atoms with Gasteiger partial charge in [0.15, 0.2) is 5.82 Å². The van der Waals surface area contributed by atoms with Gasteiger partial charge in [0.1, 0.15) is 39.6 Å². The lowest BCUT2D eigenvalue weighted by Crippen LogP contribution is -2.31. The van der Waals surface area contributed by atoms with Crippen LogP contribution in [0.25, 0.3) is 21.6 Å². The minimum absolute atomic E-state index is 0.00525. The fraction of sp³-hybridized carbons (Fsp3) is 0.226. The summed E-state index contributed by atoms with van der Waals surface area (Å²) in [5.74, 6) is -4.35. The number of carboxylic acid groups (broad SMARTS) is 1. The van der Waals surface area contributed by atoms with Crippen LogP contribution in [0.1, 0.15) is 44.2 Å². The van der Waals surface area contributed by atoms with E-state index >= 15 is 8.78 Å². The number of benzene rings is 2. The van der Waals surface area contributed by atoms with Gasteiger partial charge in [-0.1, -0.05) is 6.07 Å². The van der Waals surface area contributed by atoms with E-state index in [-0.39, 0.29) is 45.3 Å². The van der Waals surface area contributed by atoms with Gasteiger partial charge in [-0.3, -0.25) is 0 Å². The van der Waals surface area contributed by atoms with Crippen molar-refractivity contribution < 1.29 is 36.9 Å². The molecule has 4 heterocycles. The number of carbonyl (C=O) groups is 1. The summed E-state index contributed by atoms with van der Waals surface area (Å²) in [6.45, 7) is 2.28. The number of aromatic nitrogens is 3. The number of rotatable bonds is 9. The third kappa shape index (κ3) is 5.49. The molecule has 3 aromatic heterocycles. The van der Waals surface area contributed by atoms with Crippen LogP contribution in [0.3, 0.4) is 0 Å². The molecule has 5 aromatic rings. The molecule has 1 aliphatic heterocycles. The number of thiophene rings is 1. The number of carboxylic acids is 1. The SMILES string of the molecule is Cc1c(C(=O)O)sc2nc(Cc3cc(F)c(-c4ccc(F)c(OCc5ccc(C#N)cc5F)n4)cc3F)n(CC3CCO3)c12. The predicted molar refractivity (Wildman–Crippen MR) is 151 cm³/mol. The highest BCUT2D eigenvalue weighted by Gasteiger charge is 2.27. The quantitative estimate of drug-likeness (QED) is 0.186. The fourth-order valence-corrected chi connectivity index (χ4v) is 6.04. The van der Waals surface area contributed by atoms with Gasteiger partial charge in [-0.05, 0) is 55.3 Å². The van der Waals surface area contributed by atoms with Crippen molar-refractivity contribution in [1.82, 2.24) is 14.5 Å². The number of aryl methyl sites for hydroxylation is 1. The van der Waals surface area contributed by atoms with E-state index in [2.05, 4.69) is 9.97 Å². The van der Waals surface area contributed by atoms with E-state index in [0.717, 1.165) is 42.0 Å². The number of aromatic carboxylic acids is 1. The molecule has 1 aliphatic rings. The van der Waals surface area contributed by atoms with Crippen molar-refractivity contribution in [2.75, 3.05) is 6.61 Å². The summed E-state index contributed by atoms with van der Waals surface area (Å²) >= 11 is 1.02. The molecule has 0 aliphatic carbocycles. The summed E-state index contributed by atoms with van der Waals surface area (Å²) in [4.78, 5) is 20.9. The molecule has 0 bridgehead atoms. The smallest absolute Gasteiger partial charge is 0.346 e. The highest BCUT2D eigenvalue weighted by atomic mass is 32.1. The van der Waals surface area contributed by atoms with Crippen molar-refractivity contribution in [3.63, 3.8) is 0 Å². The summed E-state index contributed by atoms with van der Waals surface area (Å²) < 4.78 is 72.3. The number of ether oxygens (including phenoxy) is 2. The average Bonchev–Trinajstić information content (AvgIpc) is 3.48. The normalized spacial score (nSPS) is 14.4. The van der Waals surface area contributed by atoms with Crippen molar-refractivity contribution in [3.8, 4) is 23.2 Å². The number of nitriles is 1. The van der Waals surface area contributed by atoms with E-state index in [0.29, 0.717) is 34.9 Å². The molecule has 1 saturated heterocycles. The van der Waals surface area contributed by atoms with Gasteiger partial charge in [0.25, 0.3) is 5.88 Å². The monoisotopic (exact) mass is 622 g/mol. The number of fused-ring (bicyclic) bond motifs is 1. The molecule has 1 N–H and O–H groups in total. The molecule has 13 heteroatoms. The van der Waals surface area contributed by atoms with E-state index in [1.54, 1.807) is 6.92 Å². The molecule has 1 fully saturated rings. The maximum Gasteiger partial charge on any atom is 0.346 e. The molecular weight excluding hydrogens is 600 g/mol. The van der Waals surface area contributed by atoms with E-state index in [1.807, 2.05) is 10.6 Å². The van der Waals surface area contributed by atoms with Gasteiger partial charge < -0.3 is 19.1 Å². The average molecular weight is 623 g/mol. The van der Waals surface area contributed by atoms with Crippen LogP contribution in [0.5, 0.6) is 5.88 Å². The topological polar surface area (TPSA) is 110 Å². The van der Waals surface area contributed by atoms with Crippen molar-refractivity contribution in [3.05, 3.63) is 98.7 Å². The van der Waals surface area contributed by atoms with Crippen molar-refractivity contribution >= 4 is 27.7 Å². The second-order valence-corrected chi connectivity index (χ2v) is 11.2. The minimum Gasteiger partial charge on any atom is -0.477 e. The molecule has 0 saturated carbocycles. The lowest BCUT2D eigenvalue weighted by molar-refractivity contribution is -0.0589. The second-order valence-electron chi connectivity index (χ2n) is 10.2. The lowest BCUT2D eigenvalue weighted by atomic mass is 10.0. The first-order chi connectivity index (χ1) is 21.1. The Morgan fingerprint density at radius 2 is 1.86 bits per heavy atom. The van der Waals surface area contributed by atoms with E-state index in [1.165, 1.54) is 18.2 Å². The highest BCUT2D eigenvalue weighted by Crippen LogP contribution is 2.34. The van der Waals surface area contributed by atoms with E-state index in [4.69, 9.17) is 14.7 Å². The van der Waals surface area contributed by atoms with Crippen LogP contribution < -0.4 is 4.74 Å². The molecule has 0 amide bonds. The minimum atomic E-state index is -1.06. The Labute approximate surface area is 251 Å². The summed E-state index contributed by atoms with van der Waals surface area (Å²) in [6, 6.07) is 9.66. The number of hydrogen-bond donors (Lipinski definition) is 1. The fourth-order valence-electron chi connectivity index (χ4n) is 5.00. The molecule has 6 rings (SSSR count). The van der Waals surface area contributed by atoms with Crippen LogP contribution in [0.2, 0.25) is 0 Å². The van der Waals surface area contributed by atoms with Gasteiger partial charge in [-0.2, -0.15) is 5.26 Å².